The summed E-state index contributed by atoms with van der Waals surface area (Å²) in [6, 6.07) is 2.35. The Morgan fingerprint density at radius 3 is 2.89 bits per heavy atom. The Morgan fingerprint density at radius 2 is 2.21 bits per heavy atom. The number of nitrogens with one attached hydrogen (secondary N) is 1. The van der Waals surface area contributed by atoms with Gasteiger partial charge in [-0.2, -0.15) is 0 Å². The molecule has 1 heterocycles. The topological polar surface area (TPSA) is 24.9 Å². The molecular formula is C16H25FN2. The quantitative estimate of drug-likeness (QED) is 0.896. The first-order valence-corrected chi connectivity index (χ1v) is 7.40. The molecule has 1 aromatic heterocycles. The first kappa shape index (κ1) is 14.4. The van der Waals surface area contributed by atoms with Gasteiger partial charge in [0.25, 0.3) is 0 Å². The van der Waals surface area contributed by atoms with Gasteiger partial charge < -0.3 is 5.32 Å². The molecule has 0 spiro atoms. The fraction of sp³-hybridized carbons (Fsp3) is 0.688. The van der Waals surface area contributed by atoms with Gasteiger partial charge in [0, 0.05) is 12.2 Å². The number of rotatable bonds is 4. The highest BCUT2D eigenvalue weighted by atomic mass is 19.1. The SMILES string of the molecule is CC1CCC(CNC(C)C)C(c2ccncc2F)C1. The molecule has 3 unspecified atom stereocenters. The molecule has 1 aliphatic rings. The van der Waals surface area contributed by atoms with Crippen molar-refractivity contribution in [2.45, 2.75) is 52.0 Å². The molecule has 0 aliphatic heterocycles. The van der Waals surface area contributed by atoms with Crippen molar-refractivity contribution in [1.82, 2.24) is 10.3 Å². The summed E-state index contributed by atoms with van der Waals surface area (Å²) in [5.74, 6) is 1.41. The zero-order valence-electron chi connectivity index (χ0n) is 12.2. The van der Waals surface area contributed by atoms with Gasteiger partial charge in [0.05, 0.1) is 6.20 Å². The van der Waals surface area contributed by atoms with Crippen LogP contribution < -0.4 is 5.32 Å². The van der Waals surface area contributed by atoms with Crippen LogP contribution >= 0.6 is 0 Å². The van der Waals surface area contributed by atoms with Crippen LogP contribution in [-0.4, -0.2) is 17.6 Å². The van der Waals surface area contributed by atoms with Crippen LogP contribution in [0.3, 0.4) is 0 Å². The normalized spacial score (nSPS) is 27.7. The van der Waals surface area contributed by atoms with Gasteiger partial charge in [0.2, 0.25) is 0 Å². The summed E-state index contributed by atoms with van der Waals surface area (Å²) < 4.78 is 14.0. The summed E-state index contributed by atoms with van der Waals surface area (Å²) in [6.07, 6.45) is 6.60. The van der Waals surface area contributed by atoms with Crippen molar-refractivity contribution in [3.63, 3.8) is 0 Å². The van der Waals surface area contributed by atoms with E-state index in [1.54, 1.807) is 6.20 Å². The van der Waals surface area contributed by atoms with Crippen molar-refractivity contribution in [2.75, 3.05) is 6.54 Å². The molecule has 0 bridgehead atoms. The maximum atomic E-state index is 14.0. The van der Waals surface area contributed by atoms with E-state index in [4.69, 9.17) is 0 Å². The molecule has 3 heteroatoms. The van der Waals surface area contributed by atoms with E-state index in [0.29, 0.717) is 23.8 Å². The van der Waals surface area contributed by atoms with Crippen molar-refractivity contribution in [1.29, 1.82) is 0 Å². The van der Waals surface area contributed by atoms with E-state index in [1.165, 1.54) is 19.0 Å². The van der Waals surface area contributed by atoms with Gasteiger partial charge in [0.1, 0.15) is 5.82 Å². The summed E-state index contributed by atoms with van der Waals surface area (Å²) in [6.45, 7) is 7.58. The van der Waals surface area contributed by atoms with Gasteiger partial charge in [-0.05, 0) is 48.8 Å². The van der Waals surface area contributed by atoms with E-state index in [0.717, 1.165) is 18.5 Å². The number of halogens is 1. The van der Waals surface area contributed by atoms with E-state index in [1.807, 2.05) is 6.07 Å². The standard InChI is InChI=1S/C16H25FN2/c1-11(2)19-9-13-5-4-12(3)8-15(13)14-6-7-18-10-16(14)17/h6-7,10-13,15,19H,4-5,8-9H2,1-3H3. The van der Waals surface area contributed by atoms with E-state index in [2.05, 4.69) is 31.1 Å². The lowest BCUT2D eigenvalue weighted by Crippen LogP contribution is -2.35. The van der Waals surface area contributed by atoms with Crippen molar-refractivity contribution < 1.29 is 4.39 Å². The van der Waals surface area contributed by atoms with Crippen LogP contribution in [0.15, 0.2) is 18.5 Å². The largest absolute Gasteiger partial charge is 0.314 e. The van der Waals surface area contributed by atoms with E-state index >= 15 is 0 Å². The molecule has 1 saturated carbocycles. The summed E-state index contributed by atoms with van der Waals surface area (Å²) in [4.78, 5) is 3.87. The fourth-order valence-electron chi connectivity index (χ4n) is 3.14. The highest BCUT2D eigenvalue weighted by Crippen LogP contribution is 2.40. The third kappa shape index (κ3) is 3.75. The van der Waals surface area contributed by atoms with Gasteiger partial charge in [-0.1, -0.05) is 27.2 Å². The van der Waals surface area contributed by atoms with Gasteiger partial charge in [-0.15, -0.1) is 0 Å². The van der Waals surface area contributed by atoms with Gasteiger partial charge in [0.15, 0.2) is 0 Å². The Kier molecular flexibility index (Phi) is 4.92. The molecule has 19 heavy (non-hydrogen) atoms. The minimum absolute atomic E-state index is 0.142. The van der Waals surface area contributed by atoms with Crippen LogP contribution in [0, 0.1) is 17.7 Å². The van der Waals surface area contributed by atoms with Crippen LogP contribution in [0.4, 0.5) is 4.39 Å². The molecule has 2 nitrogen and oxygen atoms in total. The maximum Gasteiger partial charge on any atom is 0.144 e. The zero-order chi connectivity index (χ0) is 13.8. The van der Waals surface area contributed by atoms with Crippen molar-refractivity contribution >= 4 is 0 Å². The fourth-order valence-corrected chi connectivity index (χ4v) is 3.14. The Labute approximate surface area is 115 Å². The second kappa shape index (κ2) is 6.47. The lowest BCUT2D eigenvalue weighted by Gasteiger charge is -2.36. The maximum absolute atomic E-state index is 14.0. The van der Waals surface area contributed by atoms with Gasteiger partial charge in [-0.25, -0.2) is 4.39 Å². The van der Waals surface area contributed by atoms with Gasteiger partial charge >= 0.3 is 0 Å². The summed E-state index contributed by atoms with van der Waals surface area (Å²) in [5, 5.41) is 3.51. The Morgan fingerprint density at radius 1 is 1.42 bits per heavy atom. The third-order valence-corrected chi connectivity index (χ3v) is 4.25. The van der Waals surface area contributed by atoms with Crippen LogP contribution in [0.2, 0.25) is 0 Å². The molecule has 0 amide bonds. The lowest BCUT2D eigenvalue weighted by atomic mass is 9.71. The Hall–Kier alpha value is -0.960. The van der Waals surface area contributed by atoms with Crippen molar-refractivity contribution in [2.24, 2.45) is 11.8 Å². The number of hydrogen-bond donors (Lipinski definition) is 1. The average molecular weight is 264 g/mol. The second-order valence-corrected chi connectivity index (χ2v) is 6.24. The summed E-state index contributed by atoms with van der Waals surface area (Å²) in [7, 11) is 0. The molecule has 1 aliphatic carbocycles. The van der Waals surface area contributed by atoms with Crippen LogP contribution in [0.5, 0.6) is 0 Å². The Bertz CT molecular complexity index is 405. The summed E-state index contributed by atoms with van der Waals surface area (Å²) >= 11 is 0. The molecule has 106 valence electrons. The predicted molar refractivity (Wildman–Crippen MR) is 76.6 cm³/mol. The number of nitrogens with zero attached hydrogens (tertiary/aromatic N) is 1. The molecule has 2 rings (SSSR count). The highest BCUT2D eigenvalue weighted by Gasteiger charge is 2.31. The minimum atomic E-state index is -0.142. The first-order valence-electron chi connectivity index (χ1n) is 7.40. The Balaban J connectivity index is 2.14. The smallest absolute Gasteiger partial charge is 0.144 e. The molecule has 1 fully saturated rings. The lowest BCUT2D eigenvalue weighted by molar-refractivity contribution is 0.234. The van der Waals surface area contributed by atoms with E-state index in [-0.39, 0.29) is 5.82 Å². The van der Waals surface area contributed by atoms with Crippen LogP contribution in [-0.2, 0) is 0 Å². The van der Waals surface area contributed by atoms with E-state index in [9.17, 15) is 4.39 Å². The number of hydrogen-bond acceptors (Lipinski definition) is 2. The first-order chi connectivity index (χ1) is 9.08. The molecule has 0 radical (unpaired) electrons. The van der Waals surface area contributed by atoms with Crippen LogP contribution in [0.25, 0.3) is 0 Å². The van der Waals surface area contributed by atoms with Crippen LogP contribution in [0.1, 0.15) is 51.5 Å². The summed E-state index contributed by atoms with van der Waals surface area (Å²) in [5.41, 5.74) is 0.858. The average Bonchev–Trinajstić information content (AvgIpc) is 2.37. The third-order valence-electron chi connectivity index (χ3n) is 4.25. The van der Waals surface area contributed by atoms with Crippen molar-refractivity contribution in [3.05, 3.63) is 29.8 Å². The number of pyridine rings is 1. The highest BCUT2D eigenvalue weighted by molar-refractivity contribution is 5.20. The monoisotopic (exact) mass is 264 g/mol. The number of aromatic nitrogens is 1. The van der Waals surface area contributed by atoms with Crippen molar-refractivity contribution in [3.8, 4) is 0 Å². The second-order valence-electron chi connectivity index (χ2n) is 6.24. The molecule has 1 N–H and O–H groups in total. The molecule has 1 aromatic rings. The predicted octanol–water partition coefficient (Wildman–Crippen LogP) is 3.74. The zero-order valence-corrected chi connectivity index (χ0v) is 12.2. The molecule has 0 saturated heterocycles. The van der Waals surface area contributed by atoms with E-state index < -0.39 is 0 Å². The molecule has 0 aromatic carbocycles. The molecule has 3 atom stereocenters. The minimum Gasteiger partial charge on any atom is -0.314 e. The van der Waals surface area contributed by atoms with Gasteiger partial charge in [-0.3, -0.25) is 4.98 Å². The molecular weight excluding hydrogens is 239 g/mol.